The van der Waals surface area contributed by atoms with Gasteiger partial charge in [-0.25, -0.2) is 8.42 Å². The van der Waals surface area contributed by atoms with Crippen molar-refractivity contribution in [3.63, 3.8) is 0 Å². The topological polar surface area (TPSA) is 84.1 Å². The Balaban J connectivity index is 2.26. The Kier molecular flexibility index (Phi) is 4.66. The highest BCUT2D eigenvalue weighted by Gasteiger charge is 2.16. The van der Waals surface area contributed by atoms with Crippen LogP contribution in [0.15, 0.2) is 35.5 Å². The smallest absolute Gasteiger partial charge is 0.265 e. The van der Waals surface area contributed by atoms with Crippen LogP contribution in [-0.2, 0) is 15.4 Å². The van der Waals surface area contributed by atoms with Crippen molar-refractivity contribution in [3.05, 3.63) is 36.2 Å². The number of halogens is 1. The minimum atomic E-state index is -3.62. The van der Waals surface area contributed by atoms with Gasteiger partial charge in [0.15, 0.2) is 0 Å². The van der Waals surface area contributed by atoms with Crippen molar-refractivity contribution >= 4 is 31.6 Å². The van der Waals surface area contributed by atoms with Crippen molar-refractivity contribution in [2.45, 2.75) is 17.1 Å². The van der Waals surface area contributed by atoms with Gasteiger partial charge in [-0.2, -0.15) is 5.10 Å². The molecule has 0 amide bonds. The van der Waals surface area contributed by atoms with Crippen LogP contribution in [0.3, 0.4) is 0 Å². The van der Waals surface area contributed by atoms with E-state index in [1.165, 1.54) is 12.4 Å². The maximum absolute atomic E-state index is 12.1. The number of rotatable bonds is 6. The Morgan fingerprint density at radius 3 is 2.85 bits per heavy atom. The molecule has 2 N–H and O–H groups in total. The van der Waals surface area contributed by atoms with Crippen molar-refractivity contribution in [1.82, 2.24) is 10.2 Å². The Morgan fingerprint density at radius 2 is 2.25 bits per heavy atom. The van der Waals surface area contributed by atoms with E-state index in [0.29, 0.717) is 17.6 Å². The van der Waals surface area contributed by atoms with E-state index in [1.807, 2.05) is 6.92 Å². The number of hydrogen-bond acceptors (Lipinski definition) is 4. The van der Waals surface area contributed by atoms with Gasteiger partial charge in [0.25, 0.3) is 10.0 Å². The molecule has 0 radical (unpaired) electrons. The van der Waals surface area contributed by atoms with Crippen LogP contribution in [-0.4, -0.2) is 25.2 Å². The first-order valence-corrected chi connectivity index (χ1v) is 8.50. The summed E-state index contributed by atoms with van der Waals surface area (Å²) in [6, 6.07) is 5.14. The summed E-state index contributed by atoms with van der Waals surface area (Å²) >= 11 is 3.36. The number of aromatic nitrogens is 2. The van der Waals surface area contributed by atoms with E-state index in [0.717, 1.165) is 11.3 Å². The highest BCUT2D eigenvalue weighted by atomic mass is 79.9. The number of nitrogens with one attached hydrogen (secondary N) is 2. The molecule has 2 rings (SSSR count). The number of nitrogens with zero attached hydrogens (tertiary/aromatic N) is 1. The molecular weight excluding hydrogens is 346 g/mol. The van der Waals surface area contributed by atoms with E-state index in [4.69, 9.17) is 4.74 Å². The Labute approximate surface area is 125 Å². The summed E-state index contributed by atoms with van der Waals surface area (Å²) in [6.45, 7) is 2.45. The van der Waals surface area contributed by atoms with Crippen LogP contribution in [0.4, 0.5) is 5.69 Å². The molecule has 20 heavy (non-hydrogen) atoms. The van der Waals surface area contributed by atoms with Gasteiger partial charge < -0.3 is 4.74 Å². The zero-order valence-corrected chi connectivity index (χ0v) is 13.2. The summed E-state index contributed by atoms with van der Waals surface area (Å²) in [5.74, 6) is 0.732. The van der Waals surface area contributed by atoms with Crippen LogP contribution >= 0.6 is 15.9 Å². The van der Waals surface area contributed by atoms with Gasteiger partial charge in [0, 0.05) is 22.8 Å². The molecule has 0 bridgehead atoms. The minimum absolute atomic E-state index is 0.0896. The third kappa shape index (κ3) is 3.31. The van der Waals surface area contributed by atoms with E-state index in [1.54, 1.807) is 18.2 Å². The van der Waals surface area contributed by atoms with Gasteiger partial charge in [-0.3, -0.25) is 9.82 Å². The van der Waals surface area contributed by atoms with Crippen molar-refractivity contribution in [3.8, 4) is 5.75 Å². The highest BCUT2D eigenvalue weighted by Crippen LogP contribution is 2.26. The molecule has 108 valence electrons. The molecule has 0 aliphatic carbocycles. The predicted molar refractivity (Wildman–Crippen MR) is 79.6 cm³/mol. The number of aromatic amines is 1. The number of alkyl halides is 1. The second kappa shape index (κ2) is 6.27. The first-order valence-electron chi connectivity index (χ1n) is 5.90. The molecular formula is C12H14BrN3O3S. The average molecular weight is 360 g/mol. The maximum atomic E-state index is 12.1. The van der Waals surface area contributed by atoms with Crippen LogP contribution in [0.5, 0.6) is 5.75 Å². The number of ether oxygens (including phenoxy) is 1. The summed E-state index contributed by atoms with van der Waals surface area (Å²) < 4.78 is 32.1. The van der Waals surface area contributed by atoms with Gasteiger partial charge in [-0.15, -0.1) is 0 Å². The van der Waals surface area contributed by atoms with E-state index in [2.05, 4.69) is 30.8 Å². The lowest BCUT2D eigenvalue weighted by Gasteiger charge is -2.11. The molecule has 1 aromatic heterocycles. The minimum Gasteiger partial charge on any atom is -0.494 e. The van der Waals surface area contributed by atoms with Crippen LogP contribution in [0.2, 0.25) is 0 Å². The van der Waals surface area contributed by atoms with Crippen LogP contribution in [0.25, 0.3) is 0 Å². The maximum Gasteiger partial charge on any atom is 0.265 e. The monoisotopic (exact) mass is 359 g/mol. The van der Waals surface area contributed by atoms with Crippen LogP contribution in [0, 0.1) is 0 Å². The predicted octanol–water partition coefficient (Wildman–Crippen LogP) is 2.50. The fourth-order valence-corrected chi connectivity index (χ4v) is 3.04. The molecule has 0 spiro atoms. The number of H-pyrrole nitrogens is 1. The molecule has 1 heterocycles. The first-order chi connectivity index (χ1) is 9.56. The van der Waals surface area contributed by atoms with Gasteiger partial charge in [-0.05, 0) is 25.1 Å². The summed E-state index contributed by atoms with van der Waals surface area (Å²) in [7, 11) is -3.62. The normalized spacial score (nSPS) is 11.3. The molecule has 0 atom stereocenters. The third-order valence-corrected chi connectivity index (χ3v) is 4.49. The molecule has 0 aliphatic heterocycles. The Bertz CT molecular complexity index is 671. The summed E-state index contributed by atoms with van der Waals surface area (Å²) in [5.41, 5.74) is 1.35. The average Bonchev–Trinajstić information content (AvgIpc) is 2.95. The lowest BCUT2D eigenvalue weighted by molar-refractivity contribution is 0.338. The molecule has 2 aromatic rings. The SMILES string of the molecule is CCOc1ccc(NS(=O)(=O)c2cn[nH]c2)cc1CBr. The molecule has 1 aromatic carbocycles. The Morgan fingerprint density at radius 1 is 1.45 bits per heavy atom. The highest BCUT2D eigenvalue weighted by molar-refractivity contribution is 9.08. The fraction of sp³-hybridized carbons (Fsp3) is 0.250. The van der Waals surface area contributed by atoms with Gasteiger partial charge in [0.2, 0.25) is 0 Å². The molecule has 6 nitrogen and oxygen atoms in total. The van der Waals surface area contributed by atoms with Crippen LogP contribution < -0.4 is 9.46 Å². The zero-order chi connectivity index (χ0) is 14.6. The van der Waals surface area contributed by atoms with Gasteiger partial charge >= 0.3 is 0 Å². The molecule has 8 heteroatoms. The standard InChI is InChI=1S/C12H14BrN3O3S/c1-2-19-12-4-3-10(5-9(12)6-13)16-20(17,18)11-7-14-15-8-11/h3-5,7-8,16H,2,6H2,1H3,(H,14,15). The fourth-order valence-electron chi connectivity index (χ4n) is 1.64. The van der Waals surface area contributed by atoms with E-state index >= 15 is 0 Å². The molecule has 0 unspecified atom stereocenters. The second-order valence-electron chi connectivity index (χ2n) is 3.93. The van der Waals surface area contributed by atoms with Gasteiger partial charge in [0.1, 0.15) is 10.6 Å². The Hall–Kier alpha value is -1.54. The van der Waals surface area contributed by atoms with E-state index in [-0.39, 0.29) is 4.90 Å². The van der Waals surface area contributed by atoms with Gasteiger partial charge in [0.05, 0.1) is 12.8 Å². The number of anilines is 1. The number of sulfonamides is 1. The molecule has 0 saturated heterocycles. The van der Waals surface area contributed by atoms with Crippen molar-refractivity contribution < 1.29 is 13.2 Å². The summed E-state index contributed by atoms with van der Waals surface area (Å²) in [4.78, 5) is 0.0896. The third-order valence-electron chi connectivity index (χ3n) is 2.54. The molecule has 0 aliphatic rings. The molecule has 0 fully saturated rings. The number of benzene rings is 1. The van der Waals surface area contributed by atoms with E-state index < -0.39 is 10.0 Å². The van der Waals surface area contributed by atoms with Crippen molar-refractivity contribution in [2.75, 3.05) is 11.3 Å². The summed E-state index contributed by atoms with van der Waals surface area (Å²) in [6.07, 6.45) is 2.57. The largest absolute Gasteiger partial charge is 0.494 e. The van der Waals surface area contributed by atoms with E-state index in [9.17, 15) is 8.42 Å². The van der Waals surface area contributed by atoms with Gasteiger partial charge in [-0.1, -0.05) is 15.9 Å². The quantitative estimate of drug-likeness (QED) is 0.776. The number of hydrogen-bond donors (Lipinski definition) is 2. The lowest BCUT2D eigenvalue weighted by Crippen LogP contribution is -2.12. The van der Waals surface area contributed by atoms with Crippen molar-refractivity contribution in [1.29, 1.82) is 0 Å². The molecule has 0 saturated carbocycles. The second-order valence-corrected chi connectivity index (χ2v) is 6.17. The first kappa shape index (κ1) is 14.9. The van der Waals surface area contributed by atoms with Crippen LogP contribution in [0.1, 0.15) is 12.5 Å². The summed E-state index contributed by atoms with van der Waals surface area (Å²) in [5, 5.41) is 6.68. The zero-order valence-electron chi connectivity index (χ0n) is 10.8. The lowest BCUT2D eigenvalue weighted by atomic mass is 10.2. The van der Waals surface area contributed by atoms with Crippen molar-refractivity contribution in [2.24, 2.45) is 0 Å².